The Labute approximate surface area is 359 Å². The number of aromatic amines is 1. The second-order valence-electron chi connectivity index (χ2n) is 17.1. The third-order valence-corrected chi connectivity index (χ3v) is 11.6. The SMILES string of the molecule is Cc1cc(-c2ncnc3[nH]c(-c4ccc(NCCNCC5CCN(c6ccc(N7CCC(=O)NC7=O)cc6)CC5)cc4)cc23)c(F)cc1[C@@H](C)NC(=O)c1noc(C(C)(C)C)n1. The number of aryl methyl sites for hydroxylation is 1. The van der Waals surface area contributed by atoms with Gasteiger partial charge in [-0.3, -0.25) is 19.8 Å². The Morgan fingerprint density at radius 3 is 2.42 bits per heavy atom. The van der Waals surface area contributed by atoms with E-state index in [0.717, 1.165) is 79.4 Å². The number of benzene rings is 3. The average Bonchev–Trinajstić information content (AvgIpc) is 3.94. The minimum Gasteiger partial charge on any atom is -0.384 e. The predicted molar refractivity (Wildman–Crippen MR) is 237 cm³/mol. The van der Waals surface area contributed by atoms with Gasteiger partial charge in [-0.05, 0) is 110 Å². The van der Waals surface area contributed by atoms with E-state index in [0.29, 0.717) is 52.6 Å². The number of nitrogens with one attached hydrogen (secondary N) is 5. The van der Waals surface area contributed by atoms with Crippen LogP contribution in [0.5, 0.6) is 0 Å². The van der Waals surface area contributed by atoms with Crippen LogP contribution < -0.4 is 31.1 Å². The molecule has 2 aliphatic rings. The number of anilines is 3. The molecule has 5 N–H and O–H groups in total. The third kappa shape index (κ3) is 9.29. The number of imide groups is 1. The summed E-state index contributed by atoms with van der Waals surface area (Å²) in [7, 11) is 0. The number of urea groups is 1. The largest absolute Gasteiger partial charge is 0.384 e. The molecule has 0 unspecified atom stereocenters. The molecule has 322 valence electrons. The number of halogens is 1. The van der Waals surface area contributed by atoms with Crippen LogP contribution in [-0.2, 0) is 10.2 Å². The molecule has 4 amide bonds. The summed E-state index contributed by atoms with van der Waals surface area (Å²) in [6, 6.07) is 20.4. The van der Waals surface area contributed by atoms with E-state index in [2.05, 4.69) is 63.4 Å². The zero-order chi connectivity index (χ0) is 43.5. The zero-order valence-corrected chi connectivity index (χ0v) is 35.6. The molecule has 0 aliphatic carbocycles. The molecule has 0 saturated carbocycles. The number of carbonyl (C=O) groups excluding carboxylic acids is 3. The van der Waals surface area contributed by atoms with E-state index >= 15 is 4.39 Å². The lowest BCUT2D eigenvalue weighted by Gasteiger charge is -2.34. The Morgan fingerprint density at radius 2 is 1.71 bits per heavy atom. The molecule has 2 fully saturated rings. The Morgan fingerprint density at radius 1 is 0.968 bits per heavy atom. The summed E-state index contributed by atoms with van der Waals surface area (Å²) in [5, 5.41) is 16.9. The Balaban J connectivity index is 0.810. The van der Waals surface area contributed by atoms with E-state index in [9.17, 15) is 14.4 Å². The van der Waals surface area contributed by atoms with Crippen molar-refractivity contribution < 1.29 is 23.3 Å². The first-order valence-electron chi connectivity index (χ1n) is 21.1. The van der Waals surface area contributed by atoms with Crippen molar-refractivity contribution >= 4 is 45.9 Å². The molecule has 6 aromatic rings. The van der Waals surface area contributed by atoms with E-state index in [1.807, 2.05) is 70.2 Å². The maximum atomic E-state index is 15.9. The van der Waals surface area contributed by atoms with Gasteiger partial charge in [0.05, 0.1) is 11.7 Å². The molecular weight excluding hydrogens is 790 g/mol. The normalized spacial score (nSPS) is 15.5. The van der Waals surface area contributed by atoms with Crippen molar-refractivity contribution in [2.24, 2.45) is 5.92 Å². The van der Waals surface area contributed by atoms with Crippen molar-refractivity contribution in [3.63, 3.8) is 0 Å². The van der Waals surface area contributed by atoms with Gasteiger partial charge < -0.3 is 30.4 Å². The van der Waals surface area contributed by atoms with Gasteiger partial charge in [0.1, 0.15) is 17.8 Å². The molecular formula is C46H52FN11O4. The molecule has 62 heavy (non-hydrogen) atoms. The molecule has 8 rings (SSSR count). The molecule has 1 atom stereocenters. The number of amides is 4. The van der Waals surface area contributed by atoms with Crippen LogP contribution >= 0.6 is 0 Å². The number of H-pyrrole nitrogens is 1. The number of carbonyl (C=O) groups is 3. The number of fused-ring (bicyclic) bond motifs is 1. The third-order valence-electron chi connectivity index (χ3n) is 11.6. The Hall–Kier alpha value is -6.68. The molecule has 0 bridgehead atoms. The number of hydrogen-bond donors (Lipinski definition) is 5. The lowest BCUT2D eigenvalue weighted by Crippen LogP contribution is -2.49. The van der Waals surface area contributed by atoms with Gasteiger partial charge in [0.15, 0.2) is 0 Å². The number of piperidine rings is 1. The van der Waals surface area contributed by atoms with Crippen molar-refractivity contribution in [2.75, 3.05) is 54.4 Å². The van der Waals surface area contributed by atoms with Crippen molar-refractivity contribution in [3.8, 4) is 22.5 Å². The second-order valence-corrected chi connectivity index (χ2v) is 17.1. The number of hydrogen-bond acceptors (Lipinski definition) is 11. The Kier molecular flexibility index (Phi) is 12.0. The van der Waals surface area contributed by atoms with Crippen LogP contribution in [0, 0.1) is 18.7 Å². The van der Waals surface area contributed by atoms with Crippen LogP contribution in [0.15, 0.2) is 77.6 Å². The van der Waals surface area contributed by atoms with Gasteiger partial charge in [0, 0.05) is 78.3 Å². The highest BCUT2D eigenvalue weighted by Crippen LogP contribution is 2.34. The van der Waals surface area contributed by atoms with E-state index in [-0.39, 0.29) is 17.8 Å². The highest BCUT2D eigenvalue weighted by molar-refractivity contribution is 6.05. The zero-order valence-electron chi connectivity index (χ0n) is 35.6. The maximum Gasteiger partial charge on any atom is 0.328 e. The smallest absolute Gasteiger partial charge is 0.328 e. The molecule has 2 aliphatic heterocycles. The van der Waals surface area contributed by atoms with Crippen molar-refractivity contribution in [1.82, 2.24) is 41.0 Å². The fourth-order valence-electron chi connectivity index (χ4n) is 8.03. The summed E-state index contributed by atoms with van der Waals surface area (Å²) in [5.74, 6) is -0.312. The van der Waals surface area contributed by atoms with Gasteiger partial charge >= 0.3 is 6.03 Å². The number of nitrogens with zero attached hydrogens (tertiary/aromatic N) is 6. The summed E-state index contributed by atoms with van der Waals surface area (Å²) < 4.78 is 21.2. The highest BCUT2D eigenvalue weighted by atomic mass is 19.1. The lowest BCUT2D eigenvalue weighted by atomic mass is 9.96. The van der Waals surface area contributed by atoms with Crippen LogP contribution in [0.1, 0.15) is 80.6 Å². The number of rotatable bonds is 13. The topological polar surface area (TPSA) is 186 Å². The summed E-state index contributed by atoms with van der Waals surface area (Å²) in [5.41, 5.74) is 7.16. The first-order chi connectivity index (χ1) is 29.8. The van der Waals surface area contributed by atoms with Gasteiger partial charge in [0.25, 0.3) is 11.7 Å². The molecule has 16 heteroatoms. The fourth-order valence-corrected chi connectivity index (χ4v) is 8.03. The summed E-state index contributed by atoms with van der Waals surface area (Å²) in [6.45, 7) is 14.4. The van der Waals surface area contributed by atoms with E-state index in [1.165, 1.54) is 12.4 Å². The average molecular weight is 842 g/mol. The summed E-state index contributed by atoms with van der Waals surface area (Å²) in [6.07, 6.45) is 3.94. The lowest BCUT2D eigenvalue weighted by molar-refractivity contribution is -0.120. The maximum absolute atomic E-state index is 15.9. The van der Waals surface area contributed by atoms with Gasteiger partial charge in [-0.2, -0.15) is 4.98 Å². The second kappa shape index (κ2) is 17.7. The van der Waals surface area contributed by atoms with Gasteiger partial charge in [-0.15, -0.1) is 0 Å². The van der Waals surface area contributed by atoms with E-state index in [1.54, 1.807) is 17.9 Å². The molecule has 2 saturated heterocycles. The molecule has 15 nitrogen and oxygen atoms in total. The first kappa shape index (κ1) is 42.0. The van der Waals surface area contributed by atoms with Gasteiger partial charge in [0.2, 0.25) is 11.8 Å². The van der Waals surface area contributed by atoms with Crippen LogP contribution in [0.25, 0.3) is 33.5 Å². The molecule has 5 heterocycles. The monoisotopic (exact) mass is 841 g/mol. The van der Waals surface area contributed by atoms with Crippen molar-refractivity contribution in [2.45, 2.75) is 65.3 Å². The fraction of sp³-hybridized carbons (Fsp3) is 0.370. The molecule has 0 radical (unpaired) electrons. The van der Waals surface area contributed by atoms with E-state index in [4.69, 9.17) is 4.52 Å². The summed E-state index contributed by atoms with van der Waals surface area (Å²) >= 11 is 0. The molecule has 0 spiro atoms. The predicted octanol–water partition coefficient (Wildman–Crippen LogP) is 7.28. The van der Waals surface area contributed by atoms with Crippen LogP contribution in [0.4, 0.5) is 26.2 Å². The molecule has 3 aromatic heterocycles. The van der Waals surface area contributed by atoms with Crippen molar-refractivity contribution in [1.29, 1.82) is 0 Å². The molecule has 3 aromatic carbocycles. The first-order valence-corrected chi connectivity index (χ1v) is 21.1. The minimum absolute atomic E-state index is 0.0721. The Bertz CT molecular complexity index is 2570. The highest BCUT2D eigenvalue weighted by Gasteiger charge is 2.27. The number of aromatic nitrogens is 5. The standard InChI is InChI=1S/C46H52FN11O4/c1-27-22-35(37(47)23-34(27)28(2)52-43(60)42-55-44(62-56-42)46(3,4)5)40-36-24-38(53-41(36)51-26-50-40)30-6-8-31(9-7-30)49-18-17-48-25-29-14-19-57(20-15-29)32-10-12-33(13-11-32)58-21-16-39(59)54-45(58)61/h6-13,22-24,26,28-29,48-49H,14-21,25H2,1-5H3,(H,52,60)(H,50,51,53)(H,54,59,61)/t28-/m1/s1. The summed E-state index contributed by atoms with van der Waals surface area (Å²) in [4.78, 5) is 57.1. The van der Waals surface area contributed by atoms with Crippen LogP contribution in [0.2, 0.25) is 0 Å². The van der Waals surface area contributed by atoms with E-state index < -0.39 is 23.2 Å². The quantitative estimate of drug-likeness (QED) is 0.0737. The van der Waals surface area contributed by atoms with Crippen molar-refractivity contribution in [3.05, 3.63) is 102 Å². The van der Waals surface area contributed by atoms with Gasteiger partial charge in [-0.1, -0.05) is 38.1 Å². The van der Waals surface area contributed by atoms with Crippen LogP contribution in [-0.4, -0.2) is 82.2 Å². The minimum atomic E-state index is -0.525. The van der Waals surface area contributed by atoms with Gasteiger partial charge in [-0.25, -0.2) is 19.2 Å². The van der Waals surface area contributed by atoms with Crippen LogP contribution in [0.3, 0.4) is 0 Å².